The highest BCUT2D eigenvalue weighted by atomic mass is 79.9. The first kappa shape index (κ1) is 19.3. The summed E-state index contributed by atoms with van der Waals surface area (Å²) < 4.78 is 2.98. The number of benzene rings is 1. The second-order valence-electron chi connectivity index (χ2n) is 6.81. The Morgan fingerprint density at radius 2 is 1.96 bits per heavy atom. The van der Waals surface area contributed by atoms with Crippen molar-refractivity contribution >= 4 is 27.7 Å². The molecular formula is C19H23BrN6O. The lowest BCUT2D eigenvalue weighted by molar-refractivity contribution is 0.102. The van der Waals surface area contributed by atoms with Crippen molar-refractivity contribution in [3.8, 4) is 0 Å². The first-order chi connectivity index (χ1) is 12.8. The third kappa shape index (κ3) is 4.64. The molecular weight excluding hydrogens is 408 g/mol. The zero-order valence-electron chi connectivity index (χ0n) is 15.9. The number of carbonyl (C=O) groups excluding carboxylic acids is 1. The first-order valence-electron chi connectivity index (χ1n) is 8.62. The molecule has 8 heteroatoms. The van der Waals surface area contributed by atoms with Gasteiger partial charge in [-0.3, -0.25) is 14.6 Å². The lowest BCUT2D eigenvalue weighted by Gasteiger charge is -2.07. The maximum Gasteiger partial charge on any atom is 0.256 e. The van der Waals surface area contributed by atoms with Crippen molar-refractivity contribution in [1.82, 2.24) is 24.9 Å². The third-order valence-corrected chi connectivity index (χ3v) is 5.35. The van der Waals surface area contributed by atoms with Gasteiger partial charge in [0.1, 0.15) is 0 Å². The molecule has 27 heavy (non-hydrogen) atoms. The summed E-state index contributed by atoms with van der Waals surface area (Å²) in [6, 6.07) is 9.37. The lowest BCUT2D eigenvalue weighted by atomic mass is 10.1. The summed E-state index contributed by atoms with van der Waals surface area (Å²) in [4.78, 5) is 14.4. The van der Waals surface area contributed by atoms with Gasteiger partial charge in [-0.2, -0.15) is 10.2 Å². The number of nitrogens with one attached hydrogen (secondary N) is 2. The minimum atomic E-state index is -0.182. The van der Waals surface area contributed by atoms with Gasteiger partial charge in [-0.15, -0.1) is 0 Å². The minimum absolute atomic E-state index is 0.182. The molecule has 1 aromatic carbocycles. The second kappa shape index (κ2) is 8.06. The summed E-state index contributed by atoms with van der Waals surface area (Å²) in [5.41, 5.74) is 4.67. The molecule has 0 saturated heterocycles. The standard InChI is InChI=1S/C19H23BrN6O/c1-12-18(20)13(2)26(24-12)10-14-5-7-15(8-6-14)19(27)21-17-9-16(22-23-17)11-25(3)4/h5-9H,10-11H2,1-4H3,(H2,21,22,23,27). The lowest BCUT2D eigenvalue weighted by Crippen LogP contribution is -2.12. The fourth-order valence-corrected chi connectivity index (χ4v) is 3.08. The Bertz CT molecular complexity index is 942. The molecule has 7 nitrogen and oxygen atoms in total. The van der Waals surface area contributed by atoms with Crippen molar-refractivity contribution in [1.29, 1.82) is 0 Å². The Morgan fingerprint density at radius 1 is 1.26 bits per heavy atom. The molecule has 1 amide bonds. The number of amides is 1. The van der Waals surface area contributed by atoms with Crippen LogP contribution in [0.25, 0.3) is 0 Å². The molecule has 0 aliphatic heterocycles. The van der Waals surface area contributed by atoms with Gasteiger partial charge in [0.15, 0.2) is 5.82 Å². The number of hydrogen-bond donors (Lipinski definition) is 2. The Hall–Kier alpha value is -2.45. The van der Waals surface area contributed by atoms with Crippen LogP contribution in [0.1, 0.15) is 33.0 Å². The zero-order chi connectivity index (χ0) is 19.6. The van der Waals surface area contributed by atoms with Crippen LogP contribution in [-0.4, -0.2) is 44.9 Å². The molecule has 2 N–H and O–H groups in total. The molecule has 3 rings (SSSR count). The zero-order valence-corrected chi connectivity index (χ0v) is 17.5. The van der Waals surface area contributed by atoms with Crippen LogP contribution in [-0.2, 0) is 13.1 Å². The topological polar surface area (TPSA) is 78.8 Å². The predicted octanol–water partition coefficient (Wildman–Crippen LogP) is 3.35. The predicted molar refractivity (Wildman–Crippen MR) is 109 cm³/mol. The van der Waals surface area contributed by atoms with E-state index in [4.69, 9.17) is 0 Å². The molecule has 2 aromatic heterocycles. The average molecular weight is 431 g/mol. The fourth-order valence-electron chi connectivity index (χ4n) is 2.80. The molecule has 2 heterocycles. The van der Waals surface area contributed by atoms with Crippen molar-refractivity contribution < 1.29 is 4.79 Å². The molecule has 0 atom stereocenters. The molecule has 0 bridgehead atoms. The van der Waals surface area contributed by atoms with E-state index in [9.17, 15) is 4.79 Å². The number of carbonyl (C=O) groups is 1. The molecule has 0 spiro atoms. The van der Waals surface area contributed by atoms with Gasteiger partial charge in [0.25, 0.3) is 5.91 Å². The number of aromatic nitrogens is 4. The van der Waals surface area contributed by atoms with E-state index in [2.05, 4.69) is 36.5 Å². The van der Waals surface area contributed by atoms with E-state index in [0.29, 0.717) is 17.9 Å². The van der Waals surface area contributed by atoms with Crippen molar-refractivity contribution in [3.05, 3.63) is 63.0 Å². The van der Waals surface area contributed by atoms with Gasteiger partial charge in [0.2, 0.25) is 0 Å². The summed E-state index contributed by atoms with van der Waals surface area (Å²) in [5, 5.41) is 14.4. The van der Waals surface area contributed by atoms with E-state index in [1.54, 1.807) is 0 Å². The van der Waals surface area contributed by atoms with E-state index in [-0.39, 0.29) is 5.91 Å². The first-order valence-corrected chi connectivity index (χ1v) is 9.41. The number of nitrogens with zero attached hydrogens (tertiary/aromatic N) is 4. The number of hydrogen-bond acceptors (Lipinski definition) is 4. The van der Waals surface area contributed by atoms with Crippen molar-refractivity contribution in [2.24, 2.45) is 0 Å². The second-order valence-corrected chi connectivity index (χ2v) is 7.60. The quantitative estimate of drug-likeness (QED) is 0.628. The van der Waals surface area contributed by atoms with Gasteiger partial charge in [0.05, 0.1) is 28.1 Å². The number of H-pyrrole nitrogens is 1. The van der Waals surface area contributed by atoms with Gasteiger partial charge >= 0.3 is 0 Å². The summed E-state index contributed by atoms with van der Waals surface area (Å²) >= 11 is 3.54. The molecule has 0 radical (unpaired) electrons. The molecule has 0 aliphatic carbocycles. The Morgan fingerprint density at radius 3 is 2.56 bits per heavy atom. The van der Waals surface area contributed by atoms with Gasteiger partial charge < -0.3 is 10.2 Å². The monoisotopic (exact) mass is 430 g/mol. The van der Waals surface area contributed by atoms with Gasteiger partial charge in [-0.25, -0.2) is 0 Å². The number of aromatic amines is 1. The van der Waals surface area contributed by atoms with Crippen molar-refractivity contribution in [2.75, 3.05) is 19.4 Å². The number of rotatable bonds is 6. The Balaban J connectivity index is 1.65. The highest BCUT2D eigenvalue weighted by molar-refractivity contribution is 9.10. The van der Waals surface area contributed by atoms with Gasteiger partial charge in [0, 0.05) is 18.2 Å². The molecule has 3 aromatic rings. The van der Waals surface area contributed by atoms with Crippen LogP contribution in [0, 0.1) is 13.8 Å². The third-order valence-electron chi connectivity index (χ3n) is 4.20. The van der Waals surface area contributed by atoms with Crippen LogP contribution < -0.4 is 5.32 Å². The Kier molecular flexibility index (Phi) is 5.76. The summed E-state index contributed by atoms with van der Waals surface area (Å²) in [6.45, 7) is 5.40. The van der Waals surface area contributed by atoms with E-state index in [1.807, 2.05) is 67.9 Å². The fraction of sp³-hybridized carbons (Fsp3) is 0.316. The average Bonchev–Trinajstić information content (AvgIpc) is 3.15. The SMILES string of the molecule is Cc1nn(Cc2ccc(C(=O)Nc3cc(CN(C)C)[nH]n3)cc2)c(C)c1Br. The van der Waals surface area contributed by atoms with Crippen LogP contribution in [0.2, 0.25) is 0 Å². The van der Waals surface area contributed by atoms with E-state index < -0.39 is 0 Å². The van der Waals surface area contributed by atoms with Gasteiger partial charge in [-0.05, 0) is 61.6 Å². The van der Waals surface area contributed by atoms with Gasteiger partial charge in [-0.1, -0.05) is 12.1 Å². The van der Waals surface area contributed by atoms with E-state index >= 15 is 0 Å². The molecule has 0 aliphatic rings. The van der Waals surface area contributed by atoms with E-state index in [1.165, 1.54) is 0 Å². The maximum absolute atomic E-state index is 12.4. The summed E-state index contributed by atoms with van der Waals surface area (Å²) in [5.74, 6) is 0.340. The van der Waals surface area contributed by atoms with Crippen LogP contribution in [0.3, 0.4) is 0 Å². The molecule has 0 saturated carbocycles. The number of aryl methyl sites for hydroxylation is 1. The van der Waals surface area contributed by atoms with E-state index in [0.717, 1.165) is 33.7 Å². The summed E-state index contributed by atoms with van der Waals surface area (Å²) in [6.07, 6.45) is 0. The van der Waals surface area contributed by atoms with Crippen LogP contribution in [0.4, 0.5) is 5.82 Å². The number of halogens is 1. The highest BCUT2D eigenvalue weighted by Crippen LogP contribution is 2.20. The maximum atomic E-state index is 12.4. The molecule has 0 unspecified atom stereocenters. The van der Waals surface area contributed by atoms with Crippen LogP contribution in [0.15, 0.2) is 34.8 Å². The summed E-state index contributed by atoms with van der Waals surface area (Å²) in [7, 11) is 3.96. The number of anilines is 1. The van der Waals surface area contributed by atoms with Crippen LogP contribution >= 0.6 is 15.9 Å². The minimum Gasteiger partial charge on any atom is -0.305 e. The molecule has 0 fully saturated rings. The smallest absolute Gasteiger partial charge is 0.256 e. The Labute approximate surface area is 166 Å². The molecule has 142 valence electrons. The normalized spacial score (nSPS) is 11.2. The largest absolute Gasteiger partial charge is 0.305 e. The van der Waals surface area contributed by atoms with Crippen LogP contribution in [0.5, 0.6) is 0 Å². The van der Waals surface area contributed by atoms with Crippen molar-refractivity contribution in [3.63, 3.8) is 0 Å². The highest BCUT2D eigenvalue weighted by Gasteiger charge is 2.11. The van der Waals surface area contributed by atoms with Crippen molar-refractivity contribution in [2.45, 2.75) is 26.9 Å².